The Morgan fingerprint density at radius 3 is 2.67 bits per heavy atom. The van der Waals surface area contributed by atoms with Gasteiger partial charge in [0.25, 0.3) is 0 Å². The van der Waals surface area contributed by atoms with Gasteiger partial charge in [0, 0.05) is 27.5 Å². The smallest absolute Gasteiger partial charge is 0.126 e. The third-order valence-electron chi connectivity index (χ3n) is 4.00. The van der Waals surface area contributed by atoms with Gasteiger partial charge in [0.05, 0.1) is 0 Å². The first-order chi connectivity index (χ1) is 10.1. The van der Waals surface area contributed by atoms with Gasteiger partial charge in [0.2, 0.25) is 0 Å². The summed E-state index contributed by atoms with van der Waals surface area (Å²) in [6.07, 6.45) is 0.953. The van der Waals surface area contributed by atoms with Crippen LogP contribution in [0.3, 0.4) is 0 Å². The van der Waals surface area contributed by atoms with Gasteiger partial charge in [-0.2, -0.15) is 0 Å². The third kappa shape index (κ3) is 2.96. The molecule has 1 aliphatic rings. The topological polar surface area (TPSA) is 21.3 Å². The van der Waals surface area contributed by atoms with Gasteiger partial charge in [-0.25, -0.2) is 0 Å². The highest BCUT2D eigenvalue weighted by atomic mass is 79.9. The van der Waals surface area contributed by atoms with E-state index in [0.717, 1.165) is 21.7 Å². The average Bonchev–Trinajstić information content (AvgIpc) is 2.45. The number of hydrogen-bond donors (Lipinski definition) is 1. The average molecular weight is 367 g/mol. The summed E-state index contributed by atoms with van der Waals surface area (Å²) in [6.45, 7) is 2.08. The van der Waals surface area contributed by atoms with E-state index in [1.165, 1.54) is 16.7 Å². The second-order valence-electron chi connectivity index (χ2n) is 5.37. The zero-order valence-electron chi connectivity index (χ0n) is 12.0. The van der Waals surface area contributed by atoms with Crippen LogP contribution in [0.1, 0.15) is 35.3 Å². The van der Waals surface area contributed by atoms with Crippen LogP contribution >= 0.6 is 27.5 Å². The number of ether oxygens (including phenoxy) is 1. The van der Waals surface area contributed by atoms with Crippen LogP contribution in [0.25, 0.3) is 0 Å². The highest BCUT2D eigenvalue weighted by Gasteiger charge is 2.29. The van der Waals surface area contributed by atoms with E-state index in [1.54, 1.807) is 0 Å². The molecule has 1 N–H and O–H groups in total. The minimum absolute atomic E-state index is 0.0431. The van der Waals surface area contributed by atoms with Crippen molar-refractivity contribution in [2.75, 3.05) is 7.05 Å². The zero-order chi connectivity index (χ0) is 15.0. The molecule has 0 aliphatic carbocycles. The van der Waals surface area contributed by atoms with Crippen LogP contribution in [0, 0.1) is 6.92 Å². The summed E-state index contributed by atoms with van der Waals surface area (Å²) in [4.78, 5) is 0. The van der Waals surface area contributed by atoms with Crippen molar-refractivity contribution in [3.8, 4) is 5.75 Å². The minimum atomic E-state index is 0.0431. The molecule has 0 amide bonds. The van der Waals surface area contributed by atoms with Crippen LogP contribution in [-0.2, 0) is 0 Å². The number of fused-ring (bicyclic) bond motifs is 1. The second-order valence-corrected chi connectivity index (χ2v) is 6.72. The van der Waals surface area contributed by atoms with Crippen LogP contribution in [0.2, 0.25) is 5.02 Å². The van der Waals surface area contributed by atoms with Gasteiger partial charge >= 0.3 is 0 Å². The Labute approximate surface area is 138 Å². The second kappa shape index (κ2) is 5.99. The summed E-state index contributed by atoms with van der Waals surface area (Å²) in [5.74, 6) is 0.939. The molecule has 0 radical (unpaired) electrons. The van der Waals surface area contributed by atoms with Crippen molar-refractivity contribution >= 4 is 27.5 Å². The van der Waals surface area contributed by atoms with E-state index in [4.69, 9.17) is 16.3 Å². The minimum Gasteiger partial charge on any atom is -0.485 e. The number of nitrogens with one attached hydrogen (secondary N) is 1. The van der Waals surface area contributed by atoms with E-state index in [-0.39, 0.29) is 6.10 Å². The molecule has 21 heavy (non-hydrogen) atoms. The standard InChI is InChI=1S/C17H17BrClNO/c1-10-7-12(19)4-6-13(10)17-9-15(20-2)14-5-3-11(18)8-16(14)21-17/h3-8,15,17,20H,9H2,1-2H3. The van der Waals surface area contributed by atoms with Gasteiger partial charge in [-0.3, -0.25) is 0 Å². The molecule has 3 rings (SSSR count). The zero-order valence-corrected chi connectivity index (χ0v) is 14.3. The molecule has 1 heterocycles. The van der Waals surface area contributed by atoms with Gasteiger partial charge in [-0.05, 0) is 49.4 Å². The largest absolute Gasteiger partial charge is 0.485 e. The van der Waals surface area contributed by atoms with Crippen LogP contribution in [0.15, 0.2) is 40.9 Å². The molecule has 2 aromatic rings. The van der Waals surface area contributed by atoms with Crippen LogP contribution in [-0.4, -0.2) is 7.05 Å². The summed E-state index contributed by atoms with van der Waals surface area (Å²) in [7, 11) is 1.99. The van der Waals surface area contributed by atoms with Crippen molar-refractivity contribution < 1.29 is 4.74 Å². The maximum absolute atomic E-state index is 6.24. The molecule has 0 aromatic heterocycles. The quantitative estimate of drug-likeness (QED) is 0.789. The van der Waals surface area contributed by atoms with Crippen molar-refractivity contribution in [2.45, 2.75) is 25.5 Å². The molecule has 4 heteroatoms. The first-order valence-electron chi connectivity index (χ1n) is 6.98. The first-order valence-corrected chi connectivity index (χ1v) is 8.15. The lowest BCUT2D eigenvalue weighted by atomic mass is 9.91. The fraction of sp³-hybridized carbons (Fsp3) is 0.294. The van der Waals surface area contributed by atoms with E-state index in [9.17, 15) is 0 Å². The van der Waals surface area contributed by atoms with E-state index in [1.807, 2.05) is 25.2 Å². The highest BCUT2D eigenvalue weighted by molar-refractivity contribution is 9.10. The first kappa shape index (κ1) is 14.9. The van der Waals surface area contributed by atoms with Crippen molar-refractivity contribution in [1.82, 2.24) is 5.32 Å². The lowest BCUT2D eigenvalue weighted by Gasteiger charge is -2.33. The number of hydrogen-bond acceptors (Lipinski definition) is 2. The van der Waals surface area contributed by atoms with Crippen molar-refractivity contribution in [3.63, 3.8) is 0 Å². The summed E-state index contributed by atoms with van der Waals surface area (Å²) < 4.78 is 7.27. The molecule has 2 nitrogen and oxygen atoms in total. The molecular weight excluding hydrogens is 350 g/mol. The Hall–Kier alpha value is -1.03. The molecule has 0 spiro atoms. The Balaban J connectivity index is 1.99. The molecule has 2 unspecified atom stereocenters. The molecule has 0 bridgehead atoms. The molecule has 2 atom stereocenters. The van der Waals surface area contributed by atoms with Crippen LogP contribution < -0.4 is 10.1 Å². The fourth-order valence-corrected chi connectivity index (χ4v) is 3.47. The van der Waals surface area contributed by atoms with Gasteiger partial charge in [-0.15, -0.1) is 0 Å². The summed E-state index contributed by atoms with van der Waals surface area (Å²) >= 11 is 9.57. The highest BCUT2D eigenvalue weighted by Crippen LogP contribution is 2.42. The summed E-state index contributed by atoms with van der Waals surface area (Å²) in [5, 5.41) is 4.15. The SMILES string of the molecule is CNC1CC(c2ccc(Cl)cc2C)Oc2cc(Br)ccc21. The molecular formula is C17H17BrClNO. The fourth-order valence-electron chi connectivity index (χ4n) is 2.90. The number of halogens is 2. The maximum Gasteiger partial charge on any atom is 0.126 e. The van der Waals surface area contributed by atoms with Crippen LogP contribution in [0.5, 0.6) is 5.75 Å². The number of benzene rings is 2. The molecule has 110 valence electrons. The van der Waals surface area contributed by atoms with E-state index in [2.05, 4.69) is 46.4 Å². The van der Waals surface area contributed by atoms with E-state index in [0.29, 0.717) is 6.04 Å². The lowest BCUT2D eigenvalue weighted by molar-refractivity contribution is 0.153. The van der Waals surface area contributed by atoms with Gasteiger partial charge in [0.1, 0.15) is 11.9 Å². The molecule has 0 saturated carbocycles. The Kier molecular flexibility index (Phi) is 4.25. The Bertz CT molecular complexity index is 674. The normalized spacial score (nSPS) is 20.8. The number of rotatable bonds is 2. The summed E-state index contributed by atoms with van der Waals surface area (Å²) in [5.41, 5.74) is 3.58. The predicted molar refractivity (Wildman–Crippen MR) is 90.1 cm³/mol. The van der Waals surface area contributed by atoms with E-state index < -0.39 is 0 Å². The van der Waals surface area contributed by atoms with Gasteiger partial charge in [0.15, 0.2) is 0 Å². The Morgan fingerprint density at radius 1 is 1.19 bits per heavy atom. The maximum atomic E-state index is 6.24. The third-order valence-corrected chi connectivity index (χ3v) is 4.73. The van der Waals surface area contributed by atoms with Gasteiger partial charge in [-0.1, -0.05) is 39.7 Å². The molecule has 0 saturated heterocycles. The Morgan fingerprint density at radius 2 is 1.95 bits per heavy atom. The van der Waals surface area contributed by atoms with Gasteiger partial charge < -0.3 is 10.1 Å². The van der Waals surface area contributed by atoms with E-state index >= 15 is 0 Å². The summed E-state index contributed by atoms with van der Waals surface area (Å²) in [6, 6.07) is 12.5. The van der Waals surface area contributed by atoms with Crippen molar-refractivity contribution in [3.05, 3.63) is 62.6 Å². The molecule has 2 aromatic carbocycles. The van der Waals surface area contributed by atoms with Crippen LogP contribution in [0.4, 0.5) is 0 Å². The predicted octanol–water partition coefficient (Wildman–Crippen LogP) is 5.20. The van der Waals surface area contributed by atoms with Crippen molar-refractivity contribution in [1.29, 1.82) is 0 Å². The molecule has 0 fully saturated rings. The lowest BCUT2D eigenvalue weighted by Crippen LogP contribution is -2.27. The monoisotopic (exact) mass is 365 g/mol. The number of aryl methyl sites for hydroxylation is 1. The van der Waals surface area contributed by atoms with Crippen molar-refractivity contribution in [2.24, 2.45) is 0 Å². The molecule has 1 aliphatic heterocycles.